The fraction of sp³-hybridized carbons (Fsp3) is 0.286. The number of carbonyl (C=O) groups excluding carboxylic acids is 1. The molecule has 0 saturated carbocycles. The van der Waals surface area contributed by atoms with Crippen LogP contribution in [0.15, 0.2) is 48.8 Å². The zero-order valence-electron chi connectivity index (χ0n) is 16.1. The van der Waals surface area contributed by atoms with Crippen LogP contribution in [0.3, 0.4) is 0 Å². The molecule has 2 aromatic heterocycles. The van der Waals surface area contributed by atoms with Gasteiger partial charge >= 0.3 is 6.18 Å². The number of nitrogens with one attached hydrogen (secondary N) is 1. The SMILES string of the molecule is CNC(=O)C1CN(Cc2ccc(-c3ncc(-c4ccc(C(F)(F)F)cn4)s3)cc2)C1. The molecule has 1 N–H and O–H groups in total. The molecule has 0 unspecified atom stereocenters. The van der Waals surface area contributed by atoms with Gasteiger partial charge in [-0.3, -0.25) is 14.7 Å². The molecular formula is C21H19F3N4OS. The van der Waals surface area contributed by atoms with Crippen LogP contribution >= 0.6 is 11.3 Å². The fourth-order valence-electron chi connectivity index (χ4n) is 3.31. The highest BCUT2D eigenvalue weighted by atomic mass is 32.1. The number of thiazole rings is 1. The summed E-state index contributed by atoms with van der Waals surface area (Å²) >= 11 is 1.38. The number of amides is 1. The molecule has 0 spiro atoms. The molecule has 5 nitrogen and oxygen atoms in total. The Bertz CT molecular complexity index is 1030. The molecule has 0 radical (unpaired) electrons. The van der Waals surface area contributed by atoms with Gasteiger partial charge in [0.2, 0.25) is 5.91 Å². The maximum Gasteiger partial charge on any atom is 0.417 e. The van der Waals surface area contributed by atoms with E-state index in [-0.39, 0.29) is 11.8 Å². The summed E-state index contributed by atoms with van der Waals surface area (Å²) < 4.78 is 38.1. The smallest absolute Gasteiger partial charge is 0.359 e. The second-order valence-electron chi connectivity index (χ2n) is 7.16. The van der Waals surface area contributed by atoms with Gasteiger partial charge in [-0.05, 0) is 17.7 Å². The van der Waals surface area contributed by atoms with E-state index in [0.717, 1.165) is 48.0 Å². The Balaban J connectivity index is 1.40. The summed E-state index contributed by atoms with van der Waals surface area (Å²) in [6.07, 6.45) is -1.93. The Morgan fingerprint density at radius 1 is 1.13 bits per heavy atom. The van der Waals surface area contributed by atoms with Crippen LogP contribution in [0.4, 0.5) is 13.2 Å². The van der Waals surface area contributed by atoms with E-state index in [1.165, 1.54) is 17.4 Å². The highest BCUT2D eigenvalue weighted by Gasteiger charge is 2.32. The van der Waals surface area contributed by atoms with Gasteiger partial charge in [-0.15, -0.1) is 11.3 Å². The number of nitrogens with zero attached hydrogens (tertiary/aromatic N) is 3. The van der Waals surface area contributed by atoms with E-state index in [2.05, 4.69) is 20.2 Å². The van der Waals surface area contributed by atoms with Crippen molar-refractivity contribution in [2.45, 2.75) is 12.7 Å². The third kappa shape index (κ3) is 4.36. The minimum absolute atomic E-state index is 0.0711. The van der Waals surface area contributed by atoms with Crippen molar-refractivity contribution in [3.8, 4) is 21.1 Å². The van der Waals surface area contributed by atoms with Gasteiger partial charge in [-0.25, -0.2) is 4.98 Å². The molecule has 4 rings (SSSR count). The van der Waals surface area contributed by atoms with E-state index in [4.69, 9.17) is 0 Å². The molecule has 1 amide bonds. The van der Waals surface area contributed by atoms with Crippen molar-refractivity contribution in [2.75, 3.05) is 20.1 Å². The number of benzene rings is 1. The first-order valence-corrected chi connectivity index (χ1v) is 10.2. The van der Waals surface area contributed by atoms with Crippen LogP contribution in [0.1, 0.15) is 11.1 Å². The van der Waals surface area contributed by atoms with E-state index < -0.39 is 11.7 Å². The Kier molecular flexibility index (Phi) is 5.57. The van der Waals surface area contributed by atoms with Crippen LogP contribution in [-0.2, 0) is 17.5 Å². The monoisotopic (exact) mass is 432 g/mol. The number of hydrogen-bond acceptors (Lipinski definition) is 5. The van der Waals surface area contributed by atoms with Gasteiger partial charge in [-0.1, -0.05) is 24.3 Å². The van der Waals surface area contributed by atoms with Crippen molar-refractivity contribution < 1.29 is 18.0 Å². The van der Waals surface area contributed by atoms with Gasteiger partial charge in [0.05, 0.1) is 22.1 Å². The van der Waals surface area contributed by atoms with Gasteiger partial charge in [0.1, 0.15) is 5.01 Å². The third-order valence-electron chi connectivity index (χ3n) is 5.03. The Labute approximate surface area is 175 Å². The lowest BCUT2D eigenvalue weighted by Crippen LogP contribution is -2.52. The lowest BCUT2D eigenvalue weighted by molar-refractivity contribution is -0.137. The average Bonchev–Trinajstić information content (AvgIpc) is 3.20. The maximum absolute atomic E-state index is 12.7. The van der Waals surface area contributed by atoms with E-state index in [1.54, 1.807) is 13.2 Å². The van der Waals surface area contributed by atoms with Crippen molar-refractivity contribution in [2.24, 2.45) is 5.92 Å². The Morgan fingerprint density at radius 3 is 2.47 bits per heavy atom. The van der Waals surface area contributed by atoms with Crippen molar-refractivity contribution in [3.63, 3.8) is 0 Å². The minimum atomic E-state index is -4.40. The predicted octanol–water partition coefficient (Wildman–Crippen LogP) is 4.07. The van der Waals surface area contributed by atoms with Crippen LogP contribution in [0.5, 0.6) is 0 Å². The Morgan fingerprint density at radius 2 is 1.87 bits per heavy atom. The maximum atomic E-state index is 12.7. The summed E-state index contributed by atoms with van der Waals surface area (Å²) in [5, 5.41) is 3.45. The van der Waals surface area contributed by atoms with Crippen LogP contribution in [0, 0.1) is 5.92 Å². The number of likely N-dealkylation sites (tertiary alicyclic amines) is 1. The molecule has 3 aromatic rings. The number of hydrogen-bond donors (Lipinski definition) is 1. The lowest BCUT2D eigenvalue weighted by Gasteiger charge is -2.38. The molecule has 156 valence electrons. The molecular weight excluding hydrogens is 413 g/mol. The molecule has 1 aromatic carbocycles. The summed E-state index contributed by atoms with van der Waals surface area (Å²) in [7, 11) is 1.65. The van der Waals surface area contributed by atoms with Gasteiger partial charge in [0.15, 0.2) is 0 Å². The van der Waals surface area contributed by atoms with E-state index in [0.29, 0.717) is 10.6 Å². The lowest BCUT2D eigenvalue weighted by atomic mass is 9.98. The molecule has 3 heterocycles. The predicted molar refractivity (Wildman–Crippen MR) is 109 cm³/mol. The fourth-order valence-corrected chi connectivity index (χ4v) is 4.21. The number of halogens is 3. The number of aromatic nitrogens is 2. The molecule has 1 saturated heterocycles. The molecule has 1 aliphatic rings. The van der Waals surface area contributed by atoms with Crippen LogP contribution < -0.4 is 5.32 Å². The number of carbonyl (C=O) groups is 1. The van der Waals surface area contributed by atoms with Crippen LogP contribution in [0.2, 0.25) is 0 Å². The van der Waals surface area contributed by atoms with Crippen molar-refractivity contribution in [3.05, 3.63) is 59.9 Å². The quantitative estimate of drug-likeness (QED) is 0.661. The second kappa shape index (κ2) is 8.16. The second-order valence-corrected chi connectivity index (χ2v) is 8.19. The summed E-state index contributed by atoms with van der Waals surface area (Å²) in [5.74, 6) is 0.158. The zero-order valence-corrected chi connectivity index (χ0v) is 16.9. The van der Waals surface area contributed by atoms with E-state index in [1.807, 2.05) is 24.3 Å². The number of pyridine rings is 1. The first-order valence-electron chi connectivity index (χ1n) is 9.36. The molecule has 30 heavy (non-hydrogen) atoms. The summed E-state index contributed by atoms with van der Waals surface area (Å²) in [4.78, 5) is 22.8. The van der Waals surface area contributed by atoms with Crippen molar-refractivity contribution >= 4 is 17.2 Å². The number of rotatable bonds is 5. The van der Waals surface area contributed by atoms with Gasteiger partial charge in [-0.2, -0.15) is 13.2 Å². The molecule has 1 fully saturated rings. The summed E-state index contributed by atoms with van der Waals surface area (Å²) in [5.41, 5.74) is 1.78. The molecule has 0 bridgehead atoms. The molecule has 9 heteroatoms. The first-order chi connectivity index (χ1) is 14.3. The highest BCUT2D eigenvalue weighted by Crippen LogP contribution is 2.33. The van der Waals surface area contributed by atoms with Crippen LogP contribution in [-0.4, -0.2) is 40.9 Å². The zero-order chi connectivity index (χ0) is 21.3. The van der Waals surface area contributed by atoms with Gasteiger partial charge in [0.25, 0.3) is 0 Å². The van der Waals surface area contributed by atoms with Gasteiger partial charge in [0, 0.05) is 44.6 Å². The highest BCUT2D eigenvalue weighted by molar-refractivity contribution is 7.18. The normalized spacial score (nSPS) is 15.1. The molecule has 0 atom stereocenters. The molecule has 1 aliphatic heterocycles. The minimum Gasteiger partial charge on any atom is -0.359 e. The number of alkyl halides is 3. The van der Waals surface area contributed by atoms with Crippen molar-refractivity contribution in [1.82, 2.24) is 20.2 Å². The Hall–Kier alpha value is -2.78. The standard InChI is InChI=1S/C21H19F3N4OS/c1-25-19(29)15-11-28(12-15)10-13-2-4-14(5-3-13)20-27-9-18(30-20)17-7-6-16(8-26-17)21(22,23)24/h2-9,15H,10-12H2,1H3,(H,25,29). The first kappa shape index (κ1) is 20.5. The van der Waals surface area contributed by atoms with E-state index >= 15 is 0 Å². The van der Waals surface area contributed by atoms with Gasteiger partial charge < -0.3 is 5.32 Å². The average molecular weight is 432 g/mol. The summed E-state index contributed by atoms with van der Waals surface area (Å²) in [6, 6.07) is 10.4. The third-order valence-corrected chi connectivity index (χ3v) is 6.10. The summed E-state index contributed by atoms with van der Waals surface area (Å²) in [6.45, 7) is 2.31. The van der Waals surface area contributed by atoms with Crippen molar-refractivity contribution in [1.29, 1.82) is 0 Å². The van der Waals surface area contributed by atoms with E-state index in [9.17, 15) is 18.0 Å². The molecule has 0 aliphatic carbocycles. The largest absolute Gasteiger partial charge is 0.417 e. The van der Waals surface area contributed by atoms with Crippen LogP contribution in [0.25, 0.3) is 21.1 Å². The topological polar surface area (TPSA) is 58.1 Å².